The maximum absolute atomic E-state index is 12.7. The van der Waals surface area contributed by atoms with Crippen molar-refractivity contribution >= 4 is 21.8 Å². The minimum Gasteiger partial charge on any atom is -0.340 e. The third-order valence-corrected chi connectivity index (χ3v) is 5.73. The molecule has 3 rings (SSSR count). The van der Waals surface area contributed by atoms with Gasteiger partial charge in [0.25, 0.3) is 0 Å². The van der Waals surface area contributed by atoms with Gasteiger partial charge in [-0.25, -0.2) is 0 Å². The van der Waals surface area contributed by atoms with Gasteiger partial charge in [0.15, 0.2) is 0 Å². The number of benzene rings is 1. The molecule has 1 aromatic rings. The van der Waals surface area contributed by atoms with Crippen LogP contribution in [0.25, 0.3) is 0 Å². The number of nitrogens with zero attached hydrogens (tertiary/aromatic N) is 3. The van der Waals surface area contributed by atoms with Crippen molar-refractivity contribution in [1.29, 1.82) is 5.26 Å². The fourth-order valence-corrected chi connectivity index (χ4v) is 4.27. The Bertz CT molecular complexity index is 613. The number of nitriles is 1. The Balaban J connectivity index is 1.59. The highest BCUT2D eigenvalue weighted by Gasteiger charge is 2.30. The number of carbonyl (C=O) groups excluding carboxylic acids is 1. The predicted molar refractivity (Wildman–Crippen MR) is 97.2 cm³/mol. The zero-order valence-corrected chi connectivity index (χ0v) is 15.5. The third kappa shape index (κ3) is 3.99. The highest BCUT2D eigenvalue weighted by molar-refractivity contribution is 9.10. The molecule has 1 aromatic carbocycles. The summed E-state index contributed by atoms with van der Waals surface area (Å²) in [5.74, 6) is 0.576. The van der Waals surface area contributed by atoms with Crippen molar-refractivity contribution in [2.75, 3.05) is 26.2 Å². The van der Waals surface area contributed by atoms with Crippen LogP contribution in [0.1, 0.15) is 43.7 Å². The number of rotatable bonds is 3. The van der Waals surface area contributed by atoms with Gasteiger partial charge in [-0.2, -0.15) is 5.26 Å². The first-order valence-corrected chi connectivity index (χ1v) is 9.66. The largest absolute Gasteiger partial charge is 0.340 e. The van der Waals surface area contributed by atoms with Crippen molar-refractivity contribution in [1.82, 2.24) is 9.80 Å². The first-order chi connectivity index (χ1) is 11.7. The summed E-state index contributed by atoms with van der Waals surface area (Å²) in [6, 6.07) is 10.1. The van der Waals surface area contributed by atoms with Crippen LogP contribution >= 0.6 is 15.9 Å². The monoisotopic (exact) mass is 389 g/mol. The molecular weight excluding hydrogens is 366 g/mol. The topological polar surface area (TPSA) is 47.3 Å². The van der Waals surface area contributed by atoms with E-state index in [9.17, 15) is 10.1 Å². The summed E-state index contributed by atoms with van der Waals surface area (Å²) in [7, 11) is 0. The van der Waals surface area contributed by atoms with E-state index in [4.69, 9.17) is 0 Å². The second-order valence-corrected chi connectivity index (χ2v) is 7.70. The summed E-state index contributed by atoms with van der Waals surface area (Å²) in [5.41, 5.74) is 1.01. The maximum Gasteiger partial charge on any atom is 0.225 e. The molecule has 1 atom stereocenters. The Labute approximate surface area is 152 Å². The number of amides is 1. The van der Waals surface area contributed by atoms with Gasteiger partial charge in [0, 0.05) is 36.6 Å². The van der Waals surface area contributed by atoms with Crippen LogP contribution in [-0.2, 0) is 4.79 Å². The number of hydrogen-bond acceptors (Lipinski definition) is 3. The van der Waals surface area contributed by atoms with E-state index in [0.717, 1.165) is 49.1 Å². The summed E-state index contributed by atoms with van der Waals surface area (Å²) in [6.45, 7) is 3.01. The van der Waals surface area contributed by atoms with Gasteiger partial charge in [-0.3, -0.25) is 9.69 Å². The number of hydrogen-bond donors (Lipinski definition) is 0. The lowest BCUT2D eigenvalue weighted by Crippen LogP contribution is -2.51. The van der Waals surface area contributed by atoms with Crippen LogP contribution in [0.2, 0.25) is 0 Å². The van der Waals surface area contributed by atoms with Crippen LogP contribution in [0.15, 0.2) is 28.7 Å². The highest BCUT2D eigenvalue weighted by Crippen LogP contribution is 2.27. The second-order valence-electron chi connectivity index (χ2n) is 6.78. The van der Waals surface area contributed by atoms with Crippen molar-refractivity contribution in [3.05, 3.63) is 34.3 Å². The smallest absolute Gasteiger partial charge is 0.225 e. The molecule has 0 N–H and O–H groups in total. The lowest BCUT2D eigenvalue weighted by atomic mass is 9.88. The Morgan fingerprint density at radius 2 is 1.88 bits per heavy atom. The predicted octanol–water partition coefficient (Wildman–Crippen LogP) is 3.74. The van der Waals surface area contributed by atoms with Crippen molar-refractivity contribution in [2.24, 2.45) is 5.92 Å². The third-order valence-electron chi connectivity index (χ3n) is 5.23. The average molecular weight is 390 g/mol. The minimum absolute atomic E-state index is 0.238. The van der Waals surface area contributed by atoms with E-state index >= 15 is 0 Å². The fourth-order valence-electron chi connectivity index (χ4n) is 3.85. The minimum atomic E-state index is -0.241. The highest BCUT2D eigenvalue weighted by atomic mass is 79.9. The summed E-state index contributed by atoms with van der Waals surface area (Å²) < 4.78 is 0.992. The summed E-state index contributed by atoms with van der Waals surface area (Å²) in [6.07, 6.45) is 5.76. The summed E-state index contributed by atoms with van der Waals surface area (Å²) in [5, 5.41) is 9.61. The molecule has 1 aliphatic heterocycles. The first kappa shape index (κ1) is 17.4. The van der Waals surface area contributed by atoms with Crippen LogP contribution < -0.4 is 0 Å². The Hall–Kier alpha value is -1.38. The van der Waals surface area contributed by atoms with Crippen LogP contribution in [0.4, 0.5) is 0 Å². The van der Waals surface area contributed by atoms with Crippen LogP contribution in [0, 0.1) is 17.2 Å². The van der Waals surface area contributed by atoms with Crippen molar-refractivity contribution in [3.63, 3.8) is 0 Å². The van der Waals surface area contributed by atoms with Crippen molar-refractivity contribution in [3.8, 4) is 6.07 Å². The number of carbonyl (C=O) groups is 1. The molecule has 0 aromatic heterocycles. The summed E-state index contributed by atoms with van der Waals surface area (Å²) >= 11 is 3.48. The second kappa shape index (κ2) is 8.13. The Morgan fingerprint density at radius 1 is 1.17 bits per heavy atom. The van der Waals surface area contributed by atoms with E-state index in [-0.39, 0.29) is 12.0 Å². The lowest BCUT2D eigenvalue weighted by molar-refractivity contribution is -0.138. The maximum atomic E-state index is 12.7. The van der Waals surface area contributed by atoms with Gasteiger partial charge in [-0.15, -0.1) is 0 Å². The van der Waals surface area contributed by atoms with Gasteiger partial charge in [0.05, 0.1) is 6.07 Å². The SMILES string of the molecule is N#CC(c1cccc(Br)c1)N1CCN(C(=O)C2CCCCC2)CC1. The van der Waals surface area contributed by atoms with E-state index in [0.29, 0.717) is 5.91 Å². The number of piperazine rings is 1. The molecule has 0 bridgehead atoms. The molecule has 4 nitrogen and oxygen atoms in total. The molecule has 0 spiro atoms. The van der Waals surface area contributed by atoms with Gasteiger partial charge in [0.1, 0.15) is 6.04 Å². The first-order valence-electron chi connectivity index (χ1n) is 8.87. The van der Waals surface area contributed by atoms with Crippen LogP contribution in [0.3, 0.4) is 0 Å². The van der Waals surface area contributed by atoms with Gasteiger partial charge in [0.2, 0.25) is 5.91 Å². The summed E-state index contributed by atoms with van der Waals surface area (Å²) in [4.78, 5) is 16.9. The molecule has 1 saturated heterocycles. The molecule has 128 valence electrons. The fraction of sp³-hybridized carbons (Fsp3) is 0.579. The zero-order chi connectivity index (χ0) is 16.9. The lowest BCUT2D eigenvalue weighted by Gasteiger charge is -2.38. The van der Waals surface area contributed by atoms with E-state index in [2.05, 4.69) is 26.9 Å². The van der Waals surface area contributed by atoms with E-state index in [1.807, 2.05) is 29.2 Å². The van der Waals surface area contributed by atoms with Gasteiger partial charge in [-0.05, 0) is 30.5 Å². The van der Waals surface area contributed by atoms with Gasteiger partial charge >= 0.3 is 0 Å². The molecule has 1 saturated carbocycles. The number of halogens is 1. The van der Waals surface area contributed by atoms with Crippen molar-refractivity contribution < 1.29 is 4.79 Å². The average Bonchev–Trinajstić information content (AvgIpc) is 2.63. The molecule has 1 amide bonds. The molecule has 2 aliphatic rings. The van der Waals surface area contributed by atoms with Crippen molar-refractivity contribution in [2.45, 2.75) is 38.1 Å². The standard InChI is InChI=1S/C19H24BrN3O/c20-17-8-4-7-16(13-17)18(14-21)22-9-11-23(12-10-22)19(24)15-5-2-1-3-6-15/h4,7-8,13,15,18H,1-3,5-6,9-12H2. The normalized spacial score (nSPS) is 21.2. The van der Waals surface area contributed by atoms with Gasteiger partial charge < -0.3 is 4.90 Å². The van der Waals surface area contributed by atoms with Crippen LogP contribution in [0.5, 0.6) is 0 Å². The Morgan fingerprint density at radius 3 is 2.50 bits per heavy atom. The molecule has 1 heterocycles. The molecule has 1 unspecified atom stereocenters. The molecule has 0 radical (unpaired) electrons. The molecule has 5 heteroatoms. The van der Waals surface area contributed by atoms with E-state index in [1.54, 1.807) is 0 Å². The van der Waals surface area contributed by atoms with Gasteiger partial charge in [-0.1, -0.05) is 47.3 Å². The van der Waals surface area contributed by atoms with E-state index in [1.165, 1.54) is 19.3 Å². The molecule has 1 aliphatic carbocycles. The van der Waals surface area contributed by atoms with Crippen LogP contribution in [-0.4, -0.2) is 41.9 Å². The molecule has 24 heavy (non-hydrogen) atoms. The molecule has 2 fully saturated rings. The zero-order valence-electron chi connectivity index (χ0n) is 14.0. The quantitative estimate of drug-likeness (QED) is 0.790. The molecular formula is C19H24BrN3O. The Kier molecular flexibility index (Phi) is 5.91. The van der Waals surface area contributed by atoms with E-state index < -0.39 is 0 Å².